The molecule has 10 nitrogen and oxygen atoms in total. The van der Waals surface area contributed by atoms with Gasteiger partial charge in [-0.25, -0.2) is 9.59 Å². The fraction of sp³-hybridized carbons (Fsp3) is 0.182. The minimum Gasteiger partial charge on any atom is -0.475 e. The Morgan fingerprint density at radius 3 is 2.23 bits per heavy atom. The second-order valence-electron chi connectivity index (χ2n) is 7.26. The number of benzene rings is 2. The lowest BCUT2D eigenvalue weighted by Crippen LogP contribution is -2.21. The predicted octanol–water partition coefficient (Wildman–Crippen LogP) is 4.01. The topological polar surface area (TPSA) is 162 Å². The summed E-state index contributed by atoms with van der Waals surface area (Å²) in [6.07, 6.45) is -3.58. The van der Waals surface area contributed by atoms with Crippen molar-refractivity contribution >= 4 is 35.0 Å². The van der Waals surface area contributed by atoms with E-state index >= 15 is 0 Å². The summed E-state index contributed by atoms with van der Waals surface area (Å²) in [6, 6.07) is 12.8. The number of aryl methyl sites for hydroxylation is 2. The van der Waals surface area contributed by atoms with Gasteiger partial charge in [-0.3, -0.25) is 9.89 Å². The quantitative estimate of drug-likeness (QED) is 0.305. The number of urea groups is 1. The van der Waals surface area contributed by atoms with Crippen molar-refractivity contribution in [1.29, 1.82) is 0 Å². The molecular formula is C22H23F3N6O4. The van der Waals surface area contributed by atoms with Crippen LogP contribution in [0.15, 0.2) is 48.7 Å². The number of aromatic amines is 1. The third-order valence-electron chi connectivity index (χ3n) is 4.56. The molecule has 3 amide bonds. The number of aromatic nitrogens is 2. The molecule has 3 aromatic rings. The number of anilines is 3. The summed E-state index contributed by atoms with van der Waals surface area (Å²) >= 11 is 0. The van der Waals surface area contributed by atoms with Gasteiger partial charge in [-0.1, -0.05) is 18.2 Å². The Bertz CT molecular complexity index is 1210. The van der Waals surface area contributed by atoms with Gasteiger partial charge in [0.25, 0.3) is 5.91 Å². The Morgan fingerprint density at radius 2 is 1.66 bits per heavy atom. The lowest BCUT2D eigenvalue weighted by Gasteiger charge is -2.11. The number of halogens is 3. The minimum atomic E-state index is -5.08. The molecule has 186 valence electrons. The summed E-state index contributed by atoms with van der Waals surface area (Å²) < 4.78 is 31.7. The van der Waals surface area contributed by atoms with E-state index < -0.39 is 18.1 Å². The molecule has 0 fully saturated rings. The maximum Gasteiger partial charge on any atom is 0.490 e. The fourth-order valence-electron chi connectivity index (χ4n) is 2.68. The van der Waals surface area contributed by atoms with Crippen molar-refractivity contribution < 1.29 is 32.7 Å². The predicted molar refractivity (Wildman–Crippen MR) is 123 cm³/mol. The Hall–Kier alpha value is -4.55. The van der Waals surface area contributed by atoms with Crippen molar-refractivity contribution in [3.63, 3.8) is 0 Å². The average molecular weight is 492 g/mol. The van der Waals surface area contributed by atoms with Crippen LogP contribution < -0.4 is 21.7 Å². The zero-order valence-corrected chi connectivity index (χ0v) is 18.7. The van der Waals surface area contributed by atoms with Crippen molar-refractivity contribution in [3.05, 3.63) is 71.0 Å². The second kappa shape index (κ2) is 11.5. The molecule has 0 unspecified atom stereocenters. The molecular weight excluding hydrogens is 469 g/mol. The van der Waals surface area contributed by atoms with Gasteiger partial charge in [0.1, 0.15) is 5.69 Å². The summed E-state index contributed by atoms with van der Waals surface area (Å²) in [5.74, 6) is -3.34. The molecule has 0 aliphatic rings. The molecule has 0 aliphatic heterocycles. The third kappa shape index (κ3) is 8.38. The Labute approximate surface area is 197 Å². The Morgan fingerprint density at radius 1 is 1.03 bits per heavy atom. The molecule has 35 heavy (non-hydrogen) atoms. The number of carbonyl (C=O) groups excluding carboxylic acids is 2. The molecule has 7 N–H and O–H groups in total. The number of hydrogen-bond acceptors (Lipinski definition) is 5. The number of alkyl halides is 3. The summed E-state index contributed by atoms with van der Waals surface area (Å²) in [5, 5.41) is 22.2. The first-order chi connectivity index (χ1) is 16.4. The molecule has 3 rings (SSSR count). The number of carboxylic acid groups (broad SMARTS) is 1. The van der Waals surface area contributed by atoms with Crippen molar-refractivity contribution in [1.82, 2.24) is 10.2 Å². The lowest BCUT2D eigenvalue weighted by molar-refractivity contribution is -0.192. The number of primary amides is 1. The highest BCUT2D eigenvalue weighted by atomic mass is 19.4. The molecule has 13 heteroatoms. The Balaban J connectivity index is 0.000000540. The number of nitrogens with zero attached hydrogens (tertiary/aromatic N) is 1. The normalized spacial score (nSPS) is 10.5. The van der Waals surface area contributed by atoms with Crippen LogP contribution in [-0.4, -0.2) is 39.4 Å². The Kier molecular flexibility index (Phi) is 8.80. The van der Waals surface area contributed by atoms with Crippen LogP contribution in [0.5, 0.6) is 0 Å². The van der Waals surface area contributed by atoms with E-state index in [-0.39, 0.29) is 11.7 Å². The number of rotatable bonds is 6. The van der Waals surface area contributed by atoms with Gasteiger partial charge in [0.15, 0.2) is 0 Å². The SMILES string of the molecule is Cc1ccc(NC(=O)Nc2cccc(CNc3cn[nH]c3C(N)=O)c2)cc1C.O=C(O)C(F)(F)F. The molecule has 0 radical (unpaired) electrons. The summed E-state index contributed by atoms with van der Waals surface area (Å²) in [7, 11) is 0. The maximum absolute atomic E-state index is 12.3. The van der Waals surface area contributed by atoms with Crippen LogP contribution in [0, 0.1) is 13.8 Å². The van der Waals surface area contributed by atoms with Gasteiger partial charge in [0.2, 0.25) is 0 Å². The lowest BCUT2D eigenvalue weighted by atomic mass is 10.1. The highest BCUT2D eigenvalue weighted by Crippen LogP contribution is 2.17. The van der Waals surface area contributed by atoms with Crippen molar-refractivity contribution in [3.8, 4) is 0 Å². The smallest absolute Gasteiger partial charge is 0.475 e. The van der Waals surface area contributed by atoms with E-state index in [4.69, 9.17) is 15.6 Å². The first kappa shape index (κ1) is 26.7. The summed E-state index contributed by atoms with van der Waals surface area (Å²) in [5.41, 5.74) is 10.6. The third-order valence-corrected chi connectivity index (χ3v) is 4.56. The average Bonchev–Trinajstić information content (AvgIpc) is 3.24. The number of hydrogen-bond donors (Lipinski definition) is 6. The van der Waals surface area contributed by atoms with Crippen molar-refractivity contribution in [2.75, 3.05) is 16.0 Å². The number of carbonyl (C=O) groups is 3. The van der Waals surface area contributed by atoms with Crippen LogP contribution in [-0.2, 0) is 11.3 Å². The molecule has 0 saturated carbocycles. The fourth-order valence-corrected chi connectivity index (χ4v) is 2.68. The van der Waals surface area contributed by atoms with Crippen molar-refractivity contribution in [2.45, 2.75) is 26.6 Å². The van der Waals surface area contributed by atoms with Gasteiger partial charge in [0, 0.05) is 17.9 Å². The summed E-state index contributed by atoms with van der Waals surface area (Å²) in [4.78, 5) is 32.5. The number of H-pyrrole nitrogens is 1. The van der Waals surface area contributed by atoms with E-state index in [0.717, 1.165) is 16.8 Å². The van der Waals surface area contributed by atoms with E-state index in [2.05, 4.69) is 26.1 Å². The molecule has 1 aromatic heterocycles. The van der Waals surface area contributed by atoms with Crippen LogP contribution in [0.4, 0.5) is 35.0 Å². The molecule has 0 saturated heterocycles. The highest BCUT2D eigenvalue weighted by molar-refractivity contribution is 6.00. The highest BCUT2D eigenvalue weighted by Gasteiger charge is 2.38. The van der Waals surface area contributed by atoms with Gasteiger partial charge in [-0.15, -0.1) is 0 Å². The number of carboxylic acids is 1. The first-order valence-corrected chi connectivity index (χ1v) is 9.98. The molecule has 2 aromatic carbocycles. The first-order valence-electron chi connectivity index (χ1n) is 9.98. The van der Waals surface area contributed by atoms with Gasteiger partial charge in [0.05, 0.1) is 11.9 Å². The van der Waals surface area contributed by atoms with E-state index in [0.29, 0.717) is 17.9 Å². The number of nitrogens with one attached hydrogen (secondary N) is 4. The van der Waals surface area contributed by atoms with Gasteiger partial charge < -0.3 is 26.8 Å². The van der Waals surface area contributed by atoms with E-state index in [1.165, 1.54) is 11.8 Å². The van der Waals surface area contributed by atoms with Crippen molar-refractivity contribution in [2.24, 2.45) is 5.73 Å². The van der Waals surface area contributed by atoms with Gasteiger partial charge in [-0.2, -0.15) is 18.3 Å². The number of aliphatic carboxylic acids is 1. The van der Waals surface area contributed by atoms with Crippen LogP contribution in [0.1, 0.15) is 27.2 Å². The standard InChI is InChI=1S/C20H22N6O2.C2HF3O2/c1-12-6-7-16(8-13(12)2)25-20(28)24-15-5-3-4-14(9-15)10-22-17-11-23-26-18(17)19(21)27;3-2(4,5)1(6)7/h3-9,11,22H,10H2,1-2H3,(H2,21,27)(H,23,26)(H2,24,25,28);(H,6,7). The molecule has 0 aliphatic carbocycles. The summed E-state index contributed by atoms with van der Waals surface area (Å²) in [6.45, 7) is 4.46. The van der Waals surface area contributed by atoms with Crippen LogP contribution in [0.3, 0.4) is 0 Å². The molecule has 0 bridgehead atoms. The van der Waals surface area contributed by atoms with E-state index in [1.807, 2.05) is 50.2 Å². The molecule has 1 heterocycles. The maximum atomic E-state index is 12.3. The van der Waals surface area contributed by atoms with Gasteiger partial charge >= 0.3 is 18.2 Å². The number of nitrogens with two attached hydrogens (primary N) is 1. The van der Waals surface area contributed by atoms with Gasteiger partial charge in [-0.05, 0) is 54.8 Å². The van der Waals surface area contributed by atoms with Crippen LogP contribution in [0.2, 0.25) is 0 Å². The van der Waals surface area contributed by atoms with Crippen LogP contribution in [0.25, 0.3) is 0 Å². The second-order valence-corrected chi connectivity index (χ2v) is 7.26. The zero-order chi connectivity index (χ0) is 26.2. The molecule has 0 atom stereocenters. The monoisotopic (exact) mass is 492 g/mol. The van der Waals surface area contributed by atoms with Crippen LogP contribution >= 0.6 is 0 Å². The van der Waals surface area contributed by atoms with E-state index in [9.17, 15) is 22.8 Å². The largest absolute Gasteiger partial charge is 0.490 e. The van der Waals surface area contributed by atoms with E-state index in [1.54, 1.807) is 6.07 Å². The zero-order valence-electron chi connectivity index (χ0n) is 18.7. The molecule has 0 spiro atoms. The minimum absolute atomic E-state index is 0.224. The number of amides is 3.